The molecule has 3 N–H and O–H groups in total. The number of rotatable bonds is 5. The van der Waals surface area contributed by atoms with Crippen molar-refractivity contribution in [1.82, 2.24) is 10.6 Å². The van der Waals surface area contributed by atoms with Crippen LogP contribution in [0.4, 0.5) is 0 Å². The number of amides is 1. The number of hydrogen-bond acceptors (Lipinski definition) is 4. The summed E-state index contributed by atoms with van der Waals surface area (Å²) in [7, 11) is 1.65. The van der Waals surface area contributed by atoms with Crippen LogP contribution in [-0.2, 0) is 10.2 Å². The van der Waals surface area contributed by atoms with Gasteiger partial charge in [-0.05, 0) is 30.5 Å². The summed E-state index contributed by atoms with van der Waals surface area (Å²) in [5.41, 5.74) is 0.641. The van der Waals surface area contributed by atoms with Crippen molar-refractivity contribution in [3.05, 3.63) is 29.8 Å². The normalized spacial score (nSPS) is 26.2. The molecular weight excluding hydrogens is 292 g/mol. The molecule has 1 aliphatic carbocycles. The Kier molecular flexibility index (Phi) is 4.87. The first kappa shape index (κ1) is 16.3. The summed E-state index contributed by atoms with van der Waals surface area (Å²) in [6.07, 6.45) is 3.56. The average molecular weight is 318 g/mol. The molecule has 5 nitrogen and oxygen atoms in total. The van der Waals surface area contributed by atoms with E-state index in [9.17, 15) is 9.90 Å². The lowest BCUT2D eigenvalue weighted by molar-refractivity contribution is -0.126. The molecule has 1 aliphatic heterocycles. The first-order valence-corrected chi connectivity index (χ1v) is 8.47. The van der Waals surface area contributed by atoms with Crippen LogP contribution in [0.25, 0.3) is 0 Å². The molecule has 2 unspecified atom stereocenters. The van der Waals surface area contributed by atoms with Crippen molar-refractivity contribution < 1.29 is 14.6 Å². The van der Waals surface area contributed by atoms with E-state index in [1.807, 2.05) is 24.3 Å². The van der Waals surface area contributed by atoms with Crippen molar-refractivity contribution in [2.24, 2.45) is 5.92 Å². The molecular formula is C18H26N2O3. The molecule has 0 spiro atoms. The monoisotopic (exact) mass is 318 g/mol. The van der Waals surface area contributed by atoms with E-state index in [0.717, 1.165) is 43.5 Å². The van der Waals surface area contributed by atoms with Crippen LogP contribution in [0.3, 0.4) is 0 Å². The lowest BCUT2D eigenvalue weighted by Gasteiger charge is -2.29. The van der Waals surface area contributed by atoms with Gasteiger partial charge in [-0.3, -0.25) is 4.79 Å². The summed E-state index contributed by atoms with van der Waals surface area (Å²) in [5, 5.41) is 16.1. The molecule has 1 aromatic rings. The van der Waals surface area contributed by atoms with Gasteiger partial charge in [0.15, 0.2) is 0 Å². The molecule has 2 atom stereocenters. The molecule has 1 amide bonds. The number of ether oxygens (including phenoxy) is 1. The van der Waals surface area contributed by atoms with Crippen LogP contribution in [0.5, 0.6) is 5.75 Å². The topological polar surface area (TPSA) is 70.6 Å². The minimum Gasteiger partial charge on any atom is -0.497 e. The number of aliphatic hydroxyl groups is 1. The van der Waals surface area contributed by atoms with Gasteiger partial charge in [0.2, 0.25) is 5.91 Å². The Hall–Kier alpha value is -1.59. The fourth-order valence-electron chi connectivity index (χ4n) is 3.86. The minimum absolute atomic E-state index is 0.0965. The molecule has 0 aromatic heterocycles. The van der Waals surface area contributed by atoms with Crippen LogP contribution in [0.1, 0.15) is 31.2 Å². The third-order valence-electron chi connectivity index (χ3n) is 5.36. The number of aliphatic hydroxyl groups excluding tert-OH is 1. The molecule has 2 aliphatic rings. The standard InChI is InChI=1S/C18H26N2O3/c1-23-15-6-4-14(5-7-15)18(8-2-3-9-18)17(22)20-11-13-10-19-12-16(13)21/h4-7,13,16,19,21H,2-3,8-12H2,1H3,(H,20,22). The van der Waals surface area contributed by atoms with Gasteiger partial charge in [0.05, 0.1) is 18.6 Å². The maximum Gasteiger partial charge on any atom is 0.230 e. The van der Waals surface area contributed by atoms with E-state index in [1.54, 1.807) is 7.11 Å². The number of β-amino-alcohol motifs (C(OH)–C–C–N with tert-alkyl or cyclic N) is 1. The molecule has 1 saturated heterocycles. The van der Waals surface area contributed by atoms with Crippen molar-refractivity contribution in [2.75, 3.05) is 26.7 Å². The van der Waals surface area contributed by atoms with Gasteiger partial charge < -0.3 is 20.5 Å². The van der Waals surface area contributed by atoms with Crippen molar-refractivity contribution in [3.8, 4) is 5.75 Å². The summed E-state index contributed by atoms with van der Waals surface area (Å²) in [4.78, 5) is 12.9. The number of carbonyl (C=O) groups excluding carboxylic acids is 1. The largest absolute Gasteiger partial charge is 0.497 e. The summed E-state index contributed by atoms with van der Waals surface area (Å²) in [6.45, 7) is 1.91. The zero-order valence-corrected chi connectivity index (χ0v) is 13.7. The number of benzene rings is 1. The van der Waals surface area contributed by atoms with E-state index in [2.05, 4.69) is 10.6 Å². The highest BCUT2D eigenvalue weighted by atomic mass is 16.5. The predicted molar refractivity (Wildman–Crippen MR) is 88.5 cm³/mol. The van der Waals surface area contributed by atoms with Gasteiger partial charge in [-0.1, -0.05) is 25.0 Å². The number of methoxy groups -OCH3 is 1. The van der Waals surface area contributed by atoms with E-state index < -0.39 is 5.41 Å². The Balaban J connectivity index is 1.72. The minimum atomic E-state index is -0.427. The van der Waals surface area contributed by atoms with Crippen LogP contribution < -0.4 is 15.4 Å². The Labute approximate surface area is 137 Å². The van der Waals surface area contributed by atoms with E-state index in [-0.39, 0.29) is 17.9 Å². The molecule has 0 radical (unpaired) electrons. The van der Waals surface area contributed by atoms with Crippen LogP contribution in [0.2, 0.25) is 0 Å². The fraction of sp³-hybridized carbons (Fsp3) is 0.611. The number of nitrogens with one attached hydrogen (secondary N) is 2. The summed E-state index contributed by atoms with van der Waals surface area (Å²) in [5.74, 6) is 1.01. The molecule has 23 heavy (non-hydrogen) atoms. The van der Waals surface area contributed by atoms with Crippen molar-refractivity contribution in [1.29, 1.82) is 0 Å². The van der Waals surface area contributed by atoms with Crippen LogP contribution in [0.15, 0.2) is 24.3 Å². The molecule has 1 heterocycles. The Bertz CT molecular complexity index is 538. The van der Waals surface area contributed by atoms with E-state index in [4.69, 9.17) is 4.74 Å². The zero-order valence-electron chi connectivity index (χ0n) is 13.7. The highest BCUT2D eigenvalue weighted by Gasteiger charge is 2.43. The summed E-state index contributed by atoms with van der Waals surface area (Å²) in [6, 6.07) is 7.87. The van der Waals surface area contributed by atoms with Gasteiger partial charge in [-0.2, -0.15) is 0 Å². The highest BCUT2D eigenvalue weighted by Crippen LogP contribution is 2.41. The highest BCUT2D eigenvalue weighted by molar-refractivity contribution is 5.88. The Morgan fingerprint density at radius 1 is 1.30 bits per heavy atom. The molecule has 1 saturated carbocycles. The van der Waals surface area contributed by atoms with E-state index in [0.29, 0.717) is 13.1 Å². The van der Waals surface area contributed by atoms with Crippen LogP contribution >= 0.6 is 0 Å². The summed E-state index contributed by atoms with van der Waals surface area (Å²) >= 11 is 0. The van der Waals surface area contributed by atoms with Gasteiger partial charge in [0, 0.05) is 25.6 Å². The molecule has 1 aromatic carbocycles. The molecule has 126 valence electrons. The maximum atomic E-state index is 12.9. The summed E-state index contributed by atoms with van der Waals surface area (Å²) < 4.78 is 5.22. The first-order chi connectivity index (χ1) is 11.2. The van der Waals surface area contributed by atoms with Gasteiger partial charge in [0.1, 0.15) is 5.75 Å². The van der Waals surface area contributed by atoms with Gasteiger partial charge in [-0.25, -0.2) is 0 Å². The van der Waals surface area contributed by atoms with Gasteiger partial charge in [-0.15, -0.1) is 0 Å². The van der Waals surface area contributed by atoms with Crippen molar-refractivity contribution >= 4 is 5.91 Å². The van der Waals surface area contributed by atoms with Crippen molar-refractivity contribution in [2.45, 2.75) is 37.2 Å². The third kappa shape index (κ3) is 3.21. The fourth-order valence-corrected chi connectivity index (χ4v) is 3.86. The zero-order chi connectivity index (χ0) is 16.3. The Morgan fingerprint density at radius 2 is 2.00 bits per heavy atom. The first-order valence-electron chi connectivity index (χ1n) is 8.47. The van der Waals surface area contributed by atoms with Crippen LogP contribution in [0, 0.1) is 5.92 Å². The number of carbonyl (C=O) groups is 1. The predicted octanol–water partition coefficient (Wildman–Crippen LogP) is 1.20. The molecule has 3 rings (SSSR count). The SMILES string of the molecule is COc1ccc(C2(C(=O)NCC3CNCC3O)CCCC2)cc1. The van der Waals surface area contributed by atoms with Gasteiger partial charge >= 0.3 is 0 Å². The second kappa shape index (κ2) is 6.89. The molecule has 2 fully saturated rings. The quantitative estimate of drug-likeness (QED) is 0.763. The lowest BCUT2D eigenvalue weighted by Crippen LogP contribution is -2.45. The van der Waals surface area contributed by atoms with Gasteiger partial charge in [0.25, 0.3) is 0 Å². The Morgan fingerprint density at radius 3 is 2.57 bits per heavy atom. The number of hydrogen-bond donors (Lipinski definition) is 3. The van der Waals surface area contributed by atoms with E-state index in [1.165, 1.54) is 0 Å². The van der Waals surface area contributed by atoms with E-state index >= 15 is 0 Å². The third-order valence-corrected chi connectivity index (χ3v) is 5.36. The lowest BCUT2D eigenvalue weighted by atomic mass is 9.78. The smallest absolute Gasteiger partial charge is 0.230 e. The molecule has 5 heteroatoms. The average Bonchev–Trinajstić information content (AvgIpc) is 3.23. The maximum absolute atomic E-state index is 12.9. The molecule has 0 bridgehead atoms. The second-order valence-corrected chi connectivity index (χ2v) is 6.71. The second-order valence-electron chi connectivity index (χ2n) is 6.71. The van der Waals surface area contributed by atoms with Crippen LogP contribution in [-0.4, -0.2) is 43.9 Å². The van der Waals surface area contributed by atoms with Crippen molar-refractivity contribution in [3.63, 3.8) is 0 Å².